The monoisotopic (exact) mass is 383 g/mol. The average Bonchev–Trinajstić information content (AvgIpc) is 2.97. The van der Waals surface area contributed by atoms with Gasteiger partial charge in [-0.2, -0.15) is 0 Å². The Morgan fingerprint density at radius 1 is 1.18 bits per heavy atom. The largest absolute Gasteiger partial charge is 0.469 e. The maximum atomic E-state index is 13.3. The van der Waals surface area contributed by atoms with Crippen LogP contribution in [0.5, 0.6) is 0 Å². The number of aromatic nitrogens is 1. The van der Waals surface area contributed by atoms with Gasteiger partial charge in [-0.25, -0.2) is 4.98 Å². The highest BCUT2D eigenvalue weighted by atomic mass is 16.5. The number of nitrogens with zero attached hydrogens (tertiary/aromatic N) is 4. The summed E-state index contributed by atoms with van der Waals surface area (Å²) in [5.41, 5.74) is 8.37. The molecule has 0 aliphatic carbocycles. The maximum Gasteiger partial charge on any atom is 0.307 e. The minimum atomic E-state index is -0.380. The van der Waals surface area contributed by atoms with Crippen molar-refractivity contribution >= 4 is 29.1 Å². The normalized spacial score (nSPS) is 15.4. The molecule has 1 aromatic heterocycles. The highest BCUT2D eigenvalue weighted by Gasteiger charge is 2.31. The summed E-state index contributed by atoms with van der Waals surface area (Å²) in [5, 5.41) is 0. The lowest BCUT2D eigenvalue weighted by Crippen LogP contribution is -2.44. The number of pyridine rings is 1. The molecule has 0 fully saturated rings. The molecule has 0 saturated carbocycles. The van der Waals surface area contributed by atoms with E-state index in [0.717, 1.165) is 11.4 Å². The van der Waals surface area contributed by atoms with E-state index in [-0.39, 0.29) is 31.0 Å². The third kappa shape index (κ3) is 3.63. The van der Waals surface area contributed by atoms with Crippen molar-refractivity contribution in [3.05, 3.63) is 48.2 Å². The highest BCUT2D eigenvalue weighted by molar-refractivity contribution is 6.07. The molecule has 2 heterocycles. The van der Waals surface area contributed by atoms with E-state index in [9.17, 15) is 9.59 Å². The molecule has 8 heteroatoms. The summed E-state index contributed by atoms with van der Waals surface area (Å²) < 4.78 is 4.71. The van der Waals surface area contributed by atoms with Gasteiger partial charge in [0.25, 0.3) is 5.91 Å². The van der Waals surface area contributed by atoms with Gasteiger partial charge in [-0.1, -0.05) is 6.07 Å². The van der Waals surface area contributed by atoms with E-state index in [1.807, 2.05) is 26.2 Å². The zero-order valence-electron chi connectivity index (χ0n) is 16.3. The van der Waals surface area contributed by atoms with Crippen molar-refractivity contribution < 1.29 is 14.3 Å². The molecule has 1 atom stereocenters. The SMILES string of the molecule is COC(=O)CCN(C(=O)c1ccc2c(c1)N(C)C(CN)N2C)c1ccccn1. The number of hydrogen-bond donors (Lipinski definition) is 1. The van der Waals surface area contributed by atoms with Gasteiger partial charge in [0.2, 0.25) is 0 Å². The van der Waals surface area contributed by atoms with Crippen LogP contribution in [-0.2, 0) is 9.53 Å². The summed E-state index contributed by atoms with van der Waals surface area (Å²) in [4.78, 5) is 34.8. The number of nitrogens with two attached hydrogens (primary N) is 1. The molecule has 1 aliphatic heterocycles. The molecular formula is C20H25N5O3. The van der Waals surface area contributed by atoms with E-state index in [2.05, 4.69) is 14.8 Å². The van der Waals surface area contributed by atoms with E-state index >= 15 is 0 Å². The van der Waals surface area contributed by atoms with Crippen molar-refractivity contribution in [2.24, 2.45) is 5.73 Å². The third-order valence-corrected chi connectivity index (χ3v) is 5.03. The van der Waals surface area contributed by atoms with Crippen LogP contribution >= 0.6 is 0 Å². The molecule has 2 N–H and O–H groups in total. The number of benzene rings is 1. The number of fused-ring (bicyclic) bond motifs is 1. The Balaban J connectivity index is 1.91. The van der Waals surface area contributed by atoms with E-state index < -0.39 is 0 Å². The summed E-state index contributed by atoms with van der Waals surface area (Å²) in [6, 6.07) is 10.9. The molecule has 28 heavy (non-hydrogen) atoms. The predicted octanol–water partition coefficient (Wildman–Crippen LogP) is 1.46. The van der Waals surface area contributed by atoms with Gasteiger partial charge in [-0.05, 0) is 30.3 Å². The van der Waals surface area contributed by atoms with Gasteiger partial charge < -0.3 is 20.3 Å². The number of rotatable bonds is 6. The first kappa shape index (κ1) is 19.6. The van der Waals surface area contributed by atoms with Crippen molar-refractivity contribution in [3.63, 3.8) is 0 Å². The molecule has 0 bridgehead atoms. The molecule has 0 saturated heterocycles. The Kier molecular flexibility index (Phi) is 5.79. The maximum absolute atomic E-state index is 13.3. The molecule has 0 radical (unpaired) electrons. The predicted molar refractivity (Wildman–Crippen MR) is 109 cm³/mol. The van der Waals surface area contributed by atoms with Crippen LogP contribution in [0.1, 0.15) is 16.8 Å². The van der Waals surface area contributed by atoms with Crippen LogP contribution in [-0.4, -0.2) is 57.3 Å². The minimum absolute atomic E-state index is 0.0477. The fourth-order valence-corrected chi connectivity index (χ4v) is 3.43. The molecule has 2 aromatic rings. The summed E-state index contributed by atoms with van der Waals surface area (Å²) in [6.07, 6.45) is 1.75. The quantitative estimate of drug-likeness (QED) is 0.755. The highest BCUT2D eigenvalue weighted by Crippen LogP contribution is 2.38. The Bertz CT molecular complexity index is 858. The second-order valence-corrected chi connectivity index (χ2v) is 6.61. The first-order valence-corrected chi connectivity index (χ1v) is 9.07. The average molecular weight is 383 g/mol. The number of methoxy groups -OCH3 is 1. The number of carbonyl (C=O) groups is 2. The summed E-state index contributed by atoms with van der Waals surface area (Å²) in [5.74, 6) is -0.116. The van der Waals surface area contributed by atoms with Crippen molar-refractivity contribution in [1.29, 1.82) is 0 Å². The lowest BCUT2D eigenvalue weighted by atomic mass is 10.1. The van der Waals surface area contributed by atoms with Gasteiger partial charge in [0.05, 0.1) is 24.9 Å². The molecule has 1 amide bonds. The summed E-state index contributed by atoms with van der Waals surface area (Å²) in [7, 11) is 5.27. The van der Waals surface area contributed by atoms with Crippen LogP contribution in [0.25, 0.3) is 0 Å². The van der Waals surface area contributed by atoms with E-state index in [1.165, 1.54) is 12.0 Å². The van der Waals surface area contributed by atoms with E-state index in [0.29, 0.717) is 17.9 Å². The molecular weight excluding hydrogens is 358 g/mol. The van der Waals surface area contributed by atoms with Crippen molar-refractivity contribution in [1.82, 2.24) is 4.98 Å². The molecule has 3 rings (SSSR count). The second kappa shape index (κ2) is 8.26. The van der Waals surface area contributed by atoms with Gasteiger partial charge in [0.15, 0.2) is 0 Å². The van der Waals surface area contributed by atoms with Gasteiger partial charge >= 0.3 is 5.97 Å². The molecule has 1 unspecified atom stereocenters. The molecule has 1 aromatic carbocycles. The fourth-order valence-electron chi connectivity index (χ4n) is 3.43. The van der Waals surface area contributed by atoms with Gasteiger partial charge in [-0.3, -0.25) is 14.5 Å². The Morgan fingerprint density at radius 2 is 1.93 bits per heavy atom. The first-order valence-electron chi connectivity index (χ1n) is 9.07. The van der Waals surface area contributed by atoms with Gasteiger partial charge in [-0.15, -0.1) is 0 Å². The first-order chi connectivity index (χ1) is 13.5. The van der Waals surface area contributed by atoms with Crippen molar-refractivity contribution in [3.8, 4) is 0 Å². The van der Waals surface area contributed by atoms with Crippen LogP contribution in [0.2, 0.25) is 0 Å². The third-order valence-electron chi connectivity index (χ3n) is 5.03. The standard InChI is InChI=1S/C20H25N5O3/c1-23-15-8-7-14(12-16(15)24(2)18(23)13-21)20(27)25(11-9-19(26)28-3)17-6-4-5-10-22-17/h4-8,10,12,18H,9,11,13,21H2,1-3H3. The van der Waals surface area contributed by atoms with Gasteiger partial charge in [0, 0.05) is 38.9 Å². The second-order valence-electron chi connectivity index (χ2n) is 6.61. The van der Waals surface area contributed by atoms with Crippen LogP contribution in [0.15, 0.2) is 42.6 Å². The molecule has 1 aliphatic rings. The topological polar surface area (TPSA) is 92.0 Å². The van der Waals surface area contributed by atoms with Crippen LogP contribution in [0, 0.1) is 0 Å². The smallest absolute Gasteiger partial charge is 0.307 e. The summed E-state index contributed by atoms with van der Waals surface area (Å²) in [6.45, 7) is 0.658. The van der Waals surface area contributed by atoms with Crippen molar-refractivity contribution in [2.75, 3.05) is 49.0 Å². The van der Waals surface area contributed by atoms with E-state index in [1.54, 1.807) is 30.5 Å². The van der Waals surface area contributed by atoms with Crippen LogP contribution < -0.4 is 20.4 Å². The summed E-state index contributed by atoms with van der Waals surface area (Å²) >= 11 is 0. The van der Waals surface area contributed by atoms with Crippen LogP contribution in [0.3, 0.4) is 0 Å². The number of likely N-dealkylation sites (N-methyl/N-ethyl adjacent to an activating group) is 2. The molecule has 8 nitrogen and oxygen atoms in total. The number of esters is 1. The Labute approximate surface area is 164 Å². The Morgan fingerprint density at radius 3 is 2.57 bits per heavy atom. The van der Waals surface area contributed by atoms with Crippen molar-refractivity contribution in [2.45, 2.75) is 12.6 Å². The number of amides is 1. The number of hydrogen-bond acceptors (Lipinski definition) is 7. The Hall–Kier alpha value is -3.13. The molecule has 148 valence electrons. The zero-order chi connectivity index (χ0) is 20.3. The van der Waals surface area contributed by atoms with Crippen LogP contribution in [0.4, 0.5) is 17.2 Å². The number of carbonyl (C=O) groups excluding carboxylic acids is 2. The minimum Gasteiger partial charge on any atom is -0.469 e. The molecule has 0 spiro atoms. The van der Waals surface area contributed by atoms with E-state index in [4.69, 9.17) is 10.5 Å². The lowest BCUT2D eigenvalue weighted by Gasteiger charge is -2.26. The lowest BCUT2D eigenvalue weighted by molar-refractivity contribution is -0.140. The van der Waals surface area contributed by atoms with Gasteiger partial charge in [0.1, 0.15) is 12.0 Å². The fraction of sp³-hybridized carbons (Fsp3) is 0.350. The number of anilines is 3. The number of ether oxygens (including phenoxy) is 1. The zero-order valence-corrected chi connectivity index (χ0v) is 16.3.